The van der Waals surface area contributed by atoms with Crippen molar-refractivity contribution in [3.8, 4) is 5.75 Å². The van der Waals surface area contributed by atoms with E-state index in [1.165, 1.54) is 42.5 Å². The highest BCUT2D eigenvalue weighted by molar-refractivity contribution is 7.92. The van der Waals surface area contributed by atoms with E-state index in [2.05, 4.69) is 10.3 Å². The number of carbonyl (C=O) groups is 1. The summed E-state index contributed by atoms with van der Waals surface area (Å²) >= 11 is 1.27. The average molecular weight is 463 g/mol. The Balaban J connectivity index is 1.57. The Morgan fingerprint density at radius 2 is 1.81 bits per heavy atom. The first-order valence-corrected chi connectivity index (χ1v) is 12.2. The van der Waals surface area contributed by atoms with Gasteiger partial charge in [-0.2, -0.15) is 0 Å². The summed E-state index contributed by atoms with van der Waals surface area (Å²) in [5.41, 5.74) is 1.25. The summed E-state index contributed by atoms with van der Waals surface area (Å²) in [6.45, 7) is 3.33. The number of rotatable bonds is 9. The van der Waals surface area contributed by atoms with Gasteiger partial charge in [0.15, 0.2) is 9.84 Å². The van der Waals surface area contributed by atoms with Crippen LogP contribution < -0.4 is 10.1 Å². The highest BCUT2D eigenvalue weighted by Crippen LogP contribution is 2.19. The summed E-state index contributed by atoms with van der Waals surface area (Å²) in [5, 5.41) is 3.77. The van der Waals surface area contributed by atoms with E-state index >= 15 is 0 Å². The second-order valence-corrected chi connectivity index (χ2v) is 10.3. The molecule has 31 heavy (non-hydrogen) atoms. The van der Waals surface area contributed by atoms with Crippen LogP contribution in [0.5, 0.6) is 5.75 Å². The molecule has 1 N–H and O–H groups in total. The minimum absolute atomic E-state index is 0.140. The van der Waals surface area contributed by atoms with Crippen molar-refractivity contribution >= 4 is 27.1 Å². The zero-order valence-corrected chi connectivity index (χ0v) is 18.8. The number of aromatic nitrogens is 1. The number of hydrogen-bond donors (Lipinski definition) is 1. The lowest BCUT2D eigenvalue weighted by atomic mass is 10.1. The summed E-state index contributed by atoms with van der Waals surface area (Å²) in [5.74, 6) is -0.755. The van der Waals surface area contributed by atoms with E-state index < -0.39 is 21.0 Å². The van der Waals surface area contributed by atoms with Gasteiger partial charge >= 0.3 is 0 Å². The minimum atomic E-state index is -3.75. The number of ether oxygens (including phenoxy) is 1. The van der Waals surface area contributed by atoms with E-state index in [4.69, 9.17) is 4.74 Å². The number of amides is 1. The van der Waals surface area contributed by atoms with Crippen molar-refractivity contribution in [2.75, 3.05) is 0 Å². The first kappa shape index (κ1) is 22.9. The number of thiazole rings is 1. The van der Waals surface area contributed by atoms with Crippen molar-refractivity contribution in [2.24, 2.45) is 0 Å². The van der Waals surface area contributed by atoms with Gasteiger partial charge in [-0.1, -0.05) is 30.3 Å². The Bertz CT molecular complexity index is 1120. The number of benzene rings is 2. The summed E-state index contributed by atoms with van der Waals surface area (Å²) < 4.78 is 43.9. The molecule has 0 saturated carbocycles. The summed E-state index contributed by atoms with van der Waals surface area (Å²) in [6.07, 6.45) is 0. The van der Waals surface area contributed by atoms with Gasteiger partial charge in [0.2, 0.25) is 5.91 Å². The Morgan fingerprint density at radius 3 is 2.48 bits per heavy atom. The first-order valence-electron chi connectivity index (χ1n) is 9.63. The molecule has 1 amide bonds. The fraction of sp³-hybridized carbons (Fsp3) is 0.273. The number of sulfone groups is 1. The number of nitrogens with zero attached hydrogens (tertiary/aromatic N) is 1. The molecule has 0 saturated heterocycles. The van der Waals surface area contributed by atoms with E-state index in [0.29, 0.717) is 16.5 Å². The number of halogens is 1. The third-order valence-corrected chi connectivity index (χ3v) is 7.55. The van der Waals surface area contributed by atoms with Crippen LogP contribution in [0.2, 0.25) is 0 Å². The lowest BCUT2D eigenvalue weighted by Gasteiger charge is -2.18. The molecule has 2 aromatic carbocycles. The Kier molecular flexibility index (Phi) is 7.40. The van der Waals surface area contributed by atoms with Gasteiger partial charge < -0.3 is 10.1 Å². The first-order chi connectivity index (χ1) is 14.7. The Labute approximate surface area is 185 Å². The average Bonchev–Trinajstić information content (AvgIpc) is 3.19. The largest absolute Gasteiger partial charge is 0.486 e. The van der Waals surface area contributed by atoms with E-state index in [0.717, 1.165) is 5.56 Å². The van der Waals surface area contributed by atoms with Crippen molar-refractivity contribution in [3.63, 3.8) is 0 Å². The highest BCUT2D eigenvalue weighted by Gasteiger charge is 2.30. The molecule has 0 fully saturated rings. The van der Waals surface area contributed by atoms with E-state index in [-0.39, 0.29) is 24.2 Å². The smallest absolute Gasteiger partial charge is 0.238 e. The van der Waals surface area contributed by atoms with Crippen molar-refractivity contribution in [1.29, 1.82) is 0 Å². The fourth-order valence-electron chi connectivity index (χ4n) is 2.81. The number of hydrogen-bond acceptors (Lipinski definition) is 6. The summed E-state index contributed by atoms with van der Waals surface area (Å²) in [4.78, 5) is 16.8. The maximum atomic E-state index is 12.9. The third-order valence-electron chi connectivity index (χ3n) is 4.69. The maximum Gasteiger partial charge on any atom is 0.238 e. The van der Waals surface area contributed by atoms with Crippen molar-refractivity contribution in [2.45, 2.75) is 37.5 Å². The van der Waals surface area contributed by atoms with Crippen LogP contribution in [0.15, 0.2) is 60.0 Å². The molecule has 1 heterocycles. The zero-order chi connectivity index (χ0) is 22.4. The highest BCUT2D eigenvalue weighted by atomic mass is 32.2. The van der Waals surface area contributed by atoms with Crippen LogP contribution in [0, 0.1) is 5.82 Å². The molecular formula is C22H23FN2O4S2. The molecule has 3 rings (SSSR count). The van der Waals surface area contributed by atoms with Gasteiger partial charge in [0.1, 0.15) is 28.4 Å². The number of carbonyl (C=O) groups excluding carboxylic acids is 1. The fourth-order valence-corrected chi connectivity index (χ4v) is 4.82. The topological polar surface area (TPSA) is 85.4 Å². The standard InChI is InChI=1S/C22H23FN2O4S2/c1-15(17-6-4-3-5-7-17)24-22(26)16(2)31(27,28)14-19-13-30-21(25-19)12-29-20-10-8-18(23)9-11-20/h3-11,13,15-16H,12,14H2,1-2H3,(H,24,26). The summed E-state index contributed by atoms with van der Waals surface area (Å²) in [6, 6.07) is 14.6. The lowest BCUT2D eigenvalue weighted by Crippen LogP contribution is -2.39. The van der Waals surface area contributed by atoms with Crippen LogP contribution in [0.1, 0.15) is 36.2 Å². The van der Waals surface area contributed by atoms with Gasteiger partial charge in [0.25, 0.3) is 0 Å². The molecule has 164 valence electrons. The van der Waals surface area contributed by atoms with E-state index in [9.17, 15) is 17.6 Å². The van der Waals surface area contributed by atoms with Gasteiger partial charge in [-0.05, 0) is 43.7 Å². The molecule has 2 atom stereocenters. The molecule has 2 unspecified atom stereocenters. The van der Waals surface area contributed by atoms with Crippen LogP contribution in [-0.2, 0) is 27.0 Å². The van der Waals surface area contributed by atoms with Crippen LogP contribution >= 0.6 is 11.3 Å². The van der Waals surface area contributed by atoms with Crippen LogP contribution in [-0.4, -0.2) is 24.6 Å². The molecule has 3 aromatic rings. The van der Waals surface area contributed by atoms with Crippen molar-refractivity contribution in [3.05, 3.63) is 82.1 Å². The van der Waals surface area contributed by atoms with Crippen LogP contribution in [0.3, 0.4) is 0 Å². The molecule has 0 spiro atoms. The molecule has 0 aliphatic heterocycles. The zero-order valence-electron chi connectivity index (χ0n) is 17.1. The Hall–Kier alpha value is -2.78. The van der Waals surface area contributed by atoms with Crippen LogP contribution in [0.25, 0.3) is 0 Å². The predicted molar refractivity (Wildman–Crippen MR) is 118 cm³/mol. The molecule has 0 radical (unpaired) electrons. The van der Waals surface area contributed by atoms with Gasteiger partial charge in [0, 0.05) is 5.38 Å². The van der Waals surface area contributed by atoms with Gasteiger partial charge in [-0.3, -0.25) is 4.79 Å². The maximum absolute atomic E-state index is 12.9. The molecule has 0 bridgehead atoms. The monoisotopic (exact) mass is 462 g/mol. The summed E-state index contributed by atoms with van der Waals surface area (Å²) in [7, 11) is -3.75. The van der Waals surface area contributed by atoms with Crippen molar-refractivity contribution < 1.29 is 22.3 Å². The van der Waals surface area contributed by atoms with Crippen LogP contribution in [0.4, 0.5) is 4.39 Å². The quantitative estimate of drug-likeness (QED) is 0.519. The Morgan fingerprint density at radius 1 is 1.13 bits per heavy atom. The van der Waals surface area contributed by atoms with Gasteiger partial charge in [-0.25, -0.2) is 17.8 Å². The van der Waals surface area contributed by atoms with E-state index in [1.807, 2.05) is 30.3 Å². The second kappa shape index (κ2) is 10.0. The van der Waals surface area contributed by atoms with E-state index in [1.54, 1.807) is 12.3 Å². The predicted octanol–water partition coefficient (Wildman–Crippen LogP) is 4.04. The lowest BCUT2D eigenvalue weighted by molar-refractivity contribution is -0.121. The van der Waals surface area contributed by atoms with Gasteiger partial charge in [-0.15, -0.1) is 11.3 Å². The molecule has 1 aromatic heterocycles. The molecular weight excluding hydrogens is 439 g/mol. The molecule has 6 nitrogen and oxygen atoms in total. The van der Waals surface area contributed by atoms with Gasteiger partial charge in [0.05, 0.1) is 17.5 Å². The molecule has 0 aliphatic carbocycles. The SMILES string of the molecule is CC(NC(=O)C(C)S(=O)(=O)Cc1csc(COc2ccc(F)cc2)n1)c1ccccc1. The minimum Gasteiger partial charge on any atom is -0.486 e. The molecule has 0 aliphatic rings. The third kappa shape index (κ3) is 6.35. The molecule has 9 heteroatoms. The number of nitrogens with one attached hydrogen (secondary N) is 1. The normalized spacial score (nSPS) is 13.4. The van der Waals surface area contributed by atoms with Crippen molar-refractivity contribution in [1.82, 2.24) is 10.3 Å². The second-order valence-electron chi connectivity index (χ2n) is 7.07.